The van der Waals surface area contributed by atoms with Gasteiger partial charge in [0.05, 0.1) is 0 Å². The van der Waals surface area contributed by atoms with Crippen LogP contribution in [-0.4, -0.2) is 0 Å². The minimum atomic E-state index is 0.418. The minimum Gasteiger partial charge on any atom is -0.457 e. The second-order valence-corrected chi connectivity index (χ2v) is 5.66. The molecule has 2 rings (SSSR count). The molecule has 100 valence electrons. The van der Waals surface area contributed by atoms with Gasteiger partial charge in [0.25, 0.3) is 0 Å². The van der Waals surface area contributed by atoms with Gasteiger partial charge in [0, 0.05) is 21.6 Å². The summed E-state index contributed by atoms with van der Waals surface area (Å²) >= 11 is 9.54. The fourth-order valence-electron chi connectivity index (χ4n) is 1.88. The van der Waals surface area contributed by atoms with Gasteiger partial charge in [0.2, 0.25) is 0 Å². The van der Waals surface area contributed by atoms with E-state index in [1.165, 1.54) is 0 Å². The molecule has 0 atom stereocenters. The van der Waals surface area contributed by atoms with Gasteiger partial charge in [0.15, 0.2) is 0 Å². The number of rotatable bonds is 3. The number of aryl methyl sites for hydroxylation is 2. The molecule has 0 aliphatic heterocycles. The molecule has 0 spiro atoms. The van der Waals surface area contributed by atoms with Crippen LogP contribution in [0.25, 0.3) is 0 Å². The average Bonchev–Trinajstić information content (AvgIpc) is 2.36. The smallest absolute Gasteiger partial charge is 0.133 e. The van der Waals surface area contributed by atoms with E-state index in [1.54, 1.807) is 6.07 Å². The summed E-state index contributed by atoms with van der Waals surface area (Å²) in [4.78, 5) is 0. The quantitative estimate of drug-likeness (QED) is 0.856. The van der Waals surface area contributed by atoms with Gasteiger partial charge in [0.1, 0.15) is 11.5 Å². The largest absolute Gasteiger partial charge is 0.457 e. The lowest BCUT2D eigenvalue weighted by Gasteiger charge is -2.13. The van der Waals surface area contributed by atoms with Gasteiger partial charge >= 0.3 is 0 Å². The van der Waals surface area contributed by atoms with E-state index < -0.39 is 0 Å². The number of benzene rings is 2. The van der Waals surface area contributed by atoms with Crippen molar-refractivity contribution in [1.82, 2.24) is 0 Å². The van der Waals surface area contributed by atoms with E-state index in [4.69, 9.17) is 22.1 Å². The van der Waals surface area contributed by atoms with E-state index in [9.17, 15) is 0 Å². The predicted octanol–water partition coefficient (Wildman–Crippen LogP) is 4.97. The zero-order valence-electron chi connectivity index (χ0n) is 10.8. The molecule has 2 aromatic rings. The highest BCUT2D eigenvalue weighted by molar-refractivity contribution is 9.10. The van der Waals surface area contributed by atoms with Crippen molar-refractivity contribution in [2.45, 2.75) is 20.4 Å². The Morgan fingerprint density at radius 3 is 2.37 bits per heavy atom. The third-order valence-electron chi connectivity index (χ3n) is 2.89. The Morgan fingerprint density at radius 2 is 1.79 bits per heavy atom. The van der Waals surface area contributed by atoms with Crippen LogP contribution in [0.5, 0.6) is 11.5 Å². The molecule has 0 radical (unpaired) electrons. The topological polar surface area (TPSA) is 35.2 Å². The fraction of sp³-hybridized carbons (Fsp3) is 0.200. The highest BCUT2D eigenvalue weighted by atomic mass is 79.9. The Hall–Kier alpha value is -1.03. The Morgan fingerprint density at radius 1 is 1.16 bits per heavy atom. The van der Waals surface area contributed by atoms with Crippen LogP contribution in [0.1, 0.15) is 16.7 Å². The van der Waals surface area contributed by atoms with E-state index in [2.05, 4.69) is 15.9 Å². The van der Waals surface area contributed by atoms with Crippen LogP contribution in [0.3, 0.4) is 0 Å². The Kier molecular flexibility index (Phi) is 4.50. The lowest BCUT2D eigenvalue weighted by atomic mass is 10.1. The van der Waals surface area contributed by atoms with Crippen LogP contribution in [-0.2, 0) is 6.54 Å². The molecule has 2 nitrogen and oxygen atoms in total. The second-order valence-electron chi connectivity index (χ2n) is 4.43. The molecule has 0 saturated heterocycles. The molecule has 4 heteroatoms. The van der Waals surface area contributed by atoms with Gasteiger partial charge in [-0.05, 0) is 49.2 Å². The first kappa shape index (κ1) is 14.4. The van der Waals surface area contributed by atoms with Gasteiger partial charge in [-0.2, -0.15) is 0 Å². The SMILES string of the molecule is Cc1cc(Oc2cc(Cl)ccc2CN)cc(C)c1Br. The third-order valence-corrected chi connectivity index (χ3v) is 4.37. The lowest BCUT2D eigenvalue weighted by molar-refractivity contribution is 0.475. The second kappa shape index (κ2) is 5.95. The fourth-order valence-corrected chi connectivity index (χ4v) is 2.28. The molecule has 0 aliphatic carbocycles. The van der Waals surface area contributed by atoms with Gasteiger partial charge in [-0.15, -0.1) is 0 Å². The molecule has 0 bridgehead atoms. The molecule has 2 aromatic carbocycles. The standard InChI is InChI=1S/C15H15BrClNO/c1-9-5-13(6-10(2)15(9)16)19-14-7-12(17)4-3-11(14)8-18/h3-7H,8,18H2,1-2H3. The van der Waals surface area contributed by atoms with E-state index in [0.717, 1.165) is 26.9 Å². The number of hydrogen-bond acceptors (Lipinski definition) is 2. The molecule has 0 saturated carbocycles. The maximum Gasteiger partial charge on any atom is 0.133 e. The Bertz CT molecular complexity index is 590. The average molecular weight is 341 g/mol. The molecule has 2 N–H and O–H groups in total. The summed E-state index contributed by atoms with van der Waals surface area (Å²) in [5.41, 5.74) is 8.90. The number of hydrogen-bond donors (Lipinski definition) is 1. The van der Waals surface area contributed by atoms with Crippen molar-refractivity contribution in [3.63, 3.8) is 0 Å². The molecule has 0 amide bonds. The molecule has 0 fully saturated rings. The Balaban J connectivity index is 2.38. The predicted molar refractivity (Wildman–Crippen MR) is 83.0 cm³/mol. The minimum absolute atomic E-state index is 0.418. The summed E-state index contributed by atoms with van der Waals surface area (Å²) in [6.07, 6.45) is 0. The summed E-state index contributed by atoms with van der Waals surface area (Å²) in [5.74, 6) is 1.49. The van der Waals surface area contributed by atoms with Crippen molar-refractivity contribution < 1.29 is 4.74 Å². The molecule has 0 unspecified atom stereocenters. The van der Waals surface area contributed by atoms with Crippen molar-refractivity contribution in [1.29, 1.82) is 0 Å². The van der Waals surface area contributed by atoms with Gasteiger partial charge < -0.3 is 10.5 Å². The van der Waals surface area contributed by atoms with E-state index in [0.29, 0.717) is 17.3 Å². The monoisotopic (exact) mass is 339 g/mol. The highest BCUT2D eigenvalue weighted by Gasteiger charge is 2.08. The summed E-state index contributed by atoms with van der Waals surface area (Å²) in [6.45, 7) is 4.48. The zero-order chi connectivity index (χ0) is 14.0. The Labute approximate surface area is 126 Å². The van der Waals surface area contributed by atoms with Gasteiger partial charge in [-0.25, -0.2) is 0 Å². The van der Waals surface area contributed by atoms with Gasteiger partial charge in [-0.3, -0.25) is 0 Å². The van der Waals surface area contributed by atoms with Crippen LogP contribution in [0.15, 0.2) is 34.8 Å². The van der Waals surface area contributed by atoms with Crippen molar-refractivity contribution in [2.24, 2.45) is 5.73 Å². The molecule has 0 aromatic heterocycles. The summed E-state index contributed by atoms with van der Waals surface area (Å²) in [5, 5.41) is 0.637. The maximum atomic E-state index is 6.00. The van der Waals surface area contributed by atoms with Crippen molar-refractivity contribution in [3.8, 4) is 11.5 Å². The maximum absolute atomic E-state index is 6.00. The van der Waals surface area contributed by atoms with Crippen LogP contribution >= 0.6 is 27.5 Å². The zero-order valence-corrected chi connectivity index (χ0v) is 13.2. The van der Waals surface area contributed by atoms with E-state index >= 15 is 0 Å². The lowest BCUT2D eigenvalue weighted by Crippen LogP contribution is -1.99. The summed E-state index contributed by atoms with van der Waals surface area (Å²) in [6, 6.07) is 9.46. The number of nitrogens with two attached hydrogens (primary N) is 1. The normalized spacial score (nSPS) is 10.6. The molecule has 19 heavy (non-hydrogen) atoms. The van der Waals surface area contributed by atoms with Crippen LogP contribution in [0.2, 0.25) is 5.02 Å². The van der Waals surface area contributed by atoms with Crippen LogP contribution in [0, 0.1) is 13.8 Å². The third kappa shape index (κ3) is 3.30. The summed E-state index contributed by atoms with van der Waals surface area (Å²) < 4.78 is 7.01. The van der Waals surface area contributed by atoms with Crippen molar-refractivity contribution in [3.05, 3.63) is 56.5 Å². The highest BCUT2D eigenvalue weighted by Crippen LogP contribution is 2.32. The molecular formula is C15H15BrClNO. The summed E-state index contributed by atoms with van der Waals surface area (Å²) in [7, 11) is 0. The van der Waals surface area contributed by atoms with Crippen LogP contribution < -0.4 is 10.5 Å². The number of ether oxygens (including phenoxy) is 1. The van der Waals surface area contributed by atoms with E-state index in [-0.39, 0.29) is 0 Å². The molecule has 0 aliphatic rings. The first-order valence-corrected chi connectivity index (χ1v) is 7.11. The molecule has 0 heterocycles. The van der Waals surface area contributed by atoms with Crippen LogP contribution in [0.4, 0.5) is 0 Å². The van der Waals surface area contributed by atoms with Crippen molar-refractivity contribution >= 4 is 27.5 Å². The van der Waals surface area contributed by atoms with E-state index in [1.807, 2.05) is 38.1 Å². The van der Waals surface area contributed by atoms with Gasteiger partial charge in [-0.1, -0.05) is 33.6 Å². The first-order valence-electron chi connectivity index (χ1n) is 5.94. The first-order chi connectivity index (χ1) is 9.01. The van der Waals surface area contributed by atoms with Crippen molar-refractivity contribution in [2.75, 3.05) is 0 Å². The molecular weight excluding hydrogens is 326 g/mol. The number of halogens is 2.